The minimum absolute atomic E-state index is 0.157. The molecule has 8 heteroatoms. The van der Waals surface area contributed by atoms with Gasteiger partial charge in [-0.2, -0.15) is 0 Å². The number of carbonyl (C=O) groups excluding carboxylic acids is 2. The maximum Gasteiger partial charge on any atom is 0.343 e. The van der Waals surface area contributed by atoms with Crippen LogP contribution in [0.3, 0.4) is 0 Å². The lowest BCUT2D eigenvalue weighted by atomic mass is 9.90. The zero-order valence-corrected chi connectivity index (χ0v) is 20.1. The highest BCUT2D eigenvalue weighted by atomic mass is 35.5. The van der Waals surface area contributed by atoms with Crippen molar-refractivity contribution in [3.05, 3.63) is 64.2 Å². The molecule has 0 saturated heterocycles. The molecule has 1 aliphatic heterocycles. The van der Waals surface area contributed by atoms with Crippen molar-refractivity contribution in [2.24, 2.45) is 0 Å². The number of benzene rings is 2. The van der Waals surface area contributed by atoms with Gasteiger partial charge in [-0.1, -0.05) is 42.8 Å². The quantitative estimate of drug-likeness (QED) is 0.377. The molecule has 178 valence electrons. The van der Waals surface area contributed by atoms with Crippen molar-refractivity contribution in [2.75, 3.05) is 26.1 Å². The van der Waals surface area contributed by atoms with E-state index in [4.69, 9.17) is 21.1 Å². The van der Waals surface area contributed by atoms with Crippen molar-refractivity contribution in [3.8, 4) is 0 Å². The van der Waals surface area contributed by atoms with E-state index in [2.05, 4.69) is 24.5 Å². The molecule has 3 atom stereocenters. The monoisotopic (exact) mass is 474 g/mol. The second kappa shape index (κ2) is 10.5. The molecule has 0 spiro atoms. The molecule has 0 saturated carbocycles. The maximum atomic E-state index is 12.4. The van der Waals surface area contributed by atoms with E-state index in [9.17, 15) is 14.7 Å². The molecule has 0 aromatic heterocycles. The van der Waals surface area contributed by atoms with E-state index in [0.29, 0.717) is 11.6 Å². The molecule has 0 fully saturated rings. The Kier molecular flexibility index (Phi) is 8.00. The largest absolute Gasteiger partial charge is 0.467 e. The predicted octanol–water partition coefficient (Wildman–Crippen LogP) is 3.60. The summed E-state index contributed by atoms with van der Waals surface area (Å²) in [7, 11) is 2.51. The van der Waals surface area contributed by atoms with Crippen LogP contribution in [-0.4, -0.2) is 49.4 Å². The fourth-order valence-corrected chi connectivity index (χ4v) is 4.52. The van der Waals surface area contributed by atoms with Gasteiger partial charge in [-0.25, -0.2) is 9.59 Å². The maximum absolute atomic E-state index is 12.4. The van der Waals surface area contributed by atoms with Crippen molar-refractivity contribution >= 4 is 29.2 Å². The Morgan fingerprint density at radius 2 is 1.82 bits per heavy atom. The lowest BCUT2D eigenvalue weighted by Gasteiger charge is -2.23. The van der Waals surface area contributed by atoms with Crippen molar-refractivity contribution < 1.29 is 24.2 Å². The van der Waals surface area contributed by atoms with Crippen LogP contribution in [0.5, 0.6) is 0 Å². The Labute approximate surface area is 199 Å². The van der Waals surface area contributed by atoms with E-state index in [1.807, 2.05) is 30.3 Å². The van der Waals surface area contributed by atoms with Crippen molar-refractivity contribution in [2.45, 2.75) is 50.3 Å². The molecule has 3 unspecified atom stereocenters. The lowest BCUT2D eigenvalue weighted by molar-refractivity contribution is -0.159. The second-order valence-electron chi connectivity index (χ2n) is 8.62. The second-order valence-corrected chi connectivity index (χ2v) is 9.06. The van der Waals surface area contributed by atoms with Crippen molar-refractivity contribution in [3.63, 3.8) is 0 Å². The van der Waals surface area contributed by atoms with Crippen LogP contribution in [0.2, 0.25) is 5.02 Å². The van der Waals surface area contributed by atoms with Gasteiger partial charge in [0, 0.05) is 29.7 Å². The fourth-order valence-electron chi connectivity index (χ4n) is 4.32. The van der Waals surface area contributed by atoms with Crippen molar-refractivity contribution in [1.82, 2.24) is 5.32 Å². The van der Waals surface area contributed by atoms with Gasteiger partial charge in [-0.3, -0.25) is 0 Å². The summed E-state index contributed by atoms with van der Waals surface area (Å²) >= 11 is 6.01. The molecular weight excluding hydrogens is 444 g/mol. The number of hydrogen-bond donors (Lipinski definition) is 3. The zero-order valence-electron chi connectivity index (χ0n) is 19.4. The summed E-state index contributed by atoms with van der Waals surface area (Å²) in [5, 5.41) is 17.4. The molecule has 0 radical (unpaired) electrons. The number of fused-ring (bicyclic) bond motifs is 1. The molecule has 1 aliphatic rings. The Morgan fingerprint density at radius 1 is 1.12 bits per heavy atom. The van der Waals surface area contributed by atoms with Gasteiger partial charge in [-0.05, 0) is 54.2 Å². The van der Waals surface area contributed by atoms with E-state index < -0.39 is 23.6 Å². The van der Waals surface area contributed by atoms with Crippen LogP contribution in [0.4, 0.5) is 5.69 Å². The topological polar surface area (TPSA) is 96.9 Å². The molecule has 0 aliphatic carbocycles. The highest BCUT2D eigenvalue weighted by Gasteiger charge is 2.52. The van der Waals surface area contributed by atoms with Gasteiger partial charge < -0.3 is 25.2 Å². The number of nitrogens with one attached hydrogen (secondary N) is 2. The van der Waals surface area contributed by atoms with Gasteiger partial charge in [0.15, 0.2) is 0 Å². The first kappa shape index (κ1) is 25.0. The summed E-state index contributed by atoms with van der Waals surface area (Å²) in [4.78, 5) is 24.8. The van der Waals surface area contributed by atoms with Gasteiger partial charge in [-0.15, -0.1) is 0 Å². The smallest absolute Gasteiger partial charge is 0.343 e. The average molecular weight is 475 g/mol. The molecule has 1 heterocycles. The third kappa shape index (κ3) is 5.49. The van der Waals surface area contributed by atoms with Crippen LogP contribution in [-0.2, 0) is 25.5 Å². The molecular formula is C25H31ClN2O5. The molecule has 2 aromatic rings. The van der Waals surface area contributed by atoms with Crippen LogP contribution in [0.25, 0.3) is 0 Å². The van der Waals surface area contributed by atoms with Crippen LogP contribution in [0, 0.1) is 0 Å². The SMILES string of the molecule is COC(=O)C1(C(=O)OC)Cc2cc(C(C)CC(C)NCC(O)c3cccc(Cl)c3)ccc2N1. The summed E-state index contributed by atoms with van der Waals surface area (Å²) in [6, 6.07) is 13.3. The number of anilines is 1. The number of aliphatic hydroxyl groups excluding tert-OH is 1. The first-order chi connectivity index (χ1) is 15.7. The van der Waals surface area contributed by atoms with Crippen LogP contribution in [0.1, 0.15) is 49.0 Å². The normalized spacial score (nSPS) is 16.8. The molecule has 33 heavy (non-hydrogen) atoms. The minimum atomic E-state index is -1.56. The highest BCUT2D eigenvalue weighted by molar-refractivity contribution is 6.30. The van der Waals surface area contributed by atoms with E-state index in [1.165, 1.54) is 14.2 Å². The summed E-state index contributed by atoms with van der Waals surface area (Å²) in [6.07, 6.45) is 0.368. The Balaban J connectivity index is 1.62. The van der Waals surface area contributed by atoms with Gasteiger partial charge in [0.2, 0.25) is 5.54 Å². The minimum Gasteiger partial charge on any atom is -0.467 e. The third-order valence-electron chi connectivity index (χ3n) is 6.17. The fraction of sp³-hybridized carbons (Fsp3) is 0.440. The van der Waals surface area contributed by atoms with E-state index in [1.54, 1.807) is 12.1 Å². The van der Waals surface area contributed by atoms with Gasteiger partial charge in [0.1, 0.15) is 0 Å². The zero-order chi connectivity index (χ0) is 24.2. The lowest BCUT2D eigenvalue weighted by Crippen LogP contribution is -2.53. The van der Waals surface area contributed by atoms with Crippen molar-refractivity contribution in [1.29, 1.82) is 0 Å². The Bertz CT molecular complexity index is 996. The summed E-state index contributed by atoms with van der Waals surface area (Å²) in [5.74, 6) is -1.13. The number of rotatable bonds is 9. The van der Waals surface area contributed by atoms with Crippen LogP contribution in [0.15, 0.2) is 42.5 Å². The number of halogens is 1. The number of ether oxygens (including phenoxy) is 2. The van der Waals surface area contributed by atoms with Gasteiger partial charge in [0.25, 0.3) is 0 Å². The third-order valence-corrected chi connectivity index (χ3v) is 6.41. The number of hydrogen-bond acceptors (Lipinski definition) is 7. The summed E-state index contributed by atoms with van der Waals surface area (Å²) in [5.41, 5.74) is 1.91. The first-order valence-corrected chi connectivity index (χ1v) is 11.3. The standard InChI is InChI=1S/C25H31ClN2O5/c1-15(10-16(2)27-14-22(29)18-6-5-7-20(26)12-18)17-8-9-21-19(11-17)13-25(28-21,23(30)32-3)24(31)33-4/h5-9,11-12,15-16,22,27-29H,10,13-14H2,1-4H3. The Morgan fingerprint density at radius 3 is 2.45 bits per heavy atom. The number of methoxy groups -OCH3 is 2. The molecule has 2 aromatic carbocycles. The number of aliphatic hydroxyl groups is 1. The van der Waals surface area contributed by atoms with Crippen LogP contribution >= 0.6 is 11.6 Å². The van der Waals surface area contributed by atoms with E-state index >= 15 is 0 Å². The average Bonchev–Trinajstić information content (AvgIpc) is 3.21. The molecule has 3 rings (SSSR count). The van der Waals surface area contributed by atoms with E-state index in [-0.39, 0.29) is 18.4 Å². The van der Waals surface area contributed by atoms with E-state index in [0.717, 1.165) is 28.8 Å². The Hall–Kier alpha value is -2.61. The highest BCUT2D eigenvalue weighted by Crippen LogP contribution is 2.36. The number of esters is 2. The van der Waals surface area contributed by atoms with Crippen LogP contribution < -0.4 is 10.6 Å². The molecule has 7 nitrogen and oxygen atoms in total. The molecule has 3 N–H and O–H groups in total. The summed E-state index contributed by atoms with van der Waals surface area (Å²) in [6.45, 7) is 4.63. The number of carbonyl (C=O) groups is 2. The van der Waals surface area contributed by atoms with Gasteiger partial charge >= 0.3 is 11.9 Å². The molecule has 0 amide bonds. The molecule has 0 bridgehead atoms. The predicted molar refractivity (Wildman–Crippen MR) is 127 cm³/mol. The summed E-state index contributed by atoms with van der Waals surface area (Å²) < 4.78 is 9.74. The first-order valence-electron chi connectivity index (χ1n) is 10.9. The van der Waals surface area contributed by atoms with Gasteiger partial charge in [0.05, 0.1) is 20.3 Å².